The molecule has 0 bridgehead atoms. The fourth-order valence-corrected chi connectivity index (χ4v) is 2.28. The minimum Gasteiger partial charge on any atom is -0.351 e. The SMILES string of the molecule is Cn1cc(CNC(=O)C2(C#N)CCCC2)cn1. The number of rotatable bonds is 3. The molecule has 0 aliphatic heterocycles. The Morgan fingerprint density at radius 3 is 2.88 bits per heavy atom. The first-order chi connectivity index (χ1) is 8.16. The zero-order valence-corrected chi connectivity index (χ0v) is 9.94. The van der Waals surface area contributed by atoms with E-state index in [1.807, 2.05) is 13.2 Å². The van der Waals surface area contributed by atoms with E-state index in [0.717, 1.165) is 18.4 Å². The Morgan fingerprint density at radius 1 is 1.65 bits per heavy atom. The largest absolute Gasteiger partial charge is 0.351 e. The van der Waals surface area contributed by atoms with Crippen LogP contribution in [0.4, 0.5) is 0 Å². The Balaban J connectivity index is 1.95. The summed E-state index contributed by atoms with van der Waals surface area (Å²) in [5, 5.41) is 16.0. The van der Waals surface area contributed by atoms with Gasteiger partial charge < -0.3 is 5.32 Å². The smallest absolute Gasteiger partial charge is 0.240 e. The third kappa shape index (κ3) is 2.31. The highest BCUT2D eigenvalue weighted by Crippen LogP contribution is 2.37. The summed E-state index contributed by atoms with van der Waals surface area (Å²) in [6, 6.07) is 2.19. The van der Waals surface area contributed by atoms with Gasteiger partial charge in [0.25, 0.3) is 0 Å². The molecule has 5 nitrogen and oxygen atoms in total. The number of nitrogens with one attached hydrogen (secondary N) is 1. The average molecular weight is 232 g/mol. The Kier molecular flexibility index (Phi) is 3.14. The minimum atomic E-state index is -0.789. The number of hydrogen-bond donors (Lipinski definition) is 1. The second-order valence-corrected chi connectivity index (χ2v) is 4.61. The maximum atomic E-state index is 12.0. The molecule has 1 aromatic heterocycles. The number of amides is 1. The van der Waals surface area contributed by atoms with E-state index in [9.17, 15) is 4.79 Å². The Morgan fingerprint density at radius 2 is 2.35 bits per heavy atom. The van der Waals surface area contributed by atoms with Crippen LogP contribution in [-0.2, 0) is 18.4 Å². The molecule has 0 unspecified atom stereocenters. The van der Waals surface area contributed by atoms with Crippen LogP contribution in [0, 0.1) is 16.7 Å². The molecular formula is C12H16N4O. The highest BCUT2D eigenvalue weighted by Gasteiger charge is 2.41. The maximum absolute atomic E-state index is 12.0. The van der Waals surface area contributed by atoms with E-state index in [0.29, 0.717) is 19.4 Å². The van der Waals surface area contributed by atoms with Crippen LogP contribution >= 0.6 is 0 Å². The maximum Gasteiger partial charge on any atom is 0.240 e. The summed E-state index contributed by atoms with van der Waals surface area (Å²) in [7, 11) is 1.83. The number of carbonyl (C=O) groups is 1. The second-order valence-electron chi connectivity index (χ2n) is 4.61. The number of carbonyl (C=O) groups excluding carboxylic acids is 1. The molecule has 1 heterocycles. The summed E-state index contributed by atoms with van der Waals surface area (Å²) in [4.78, 5) is 12.0. The molecule has 1 N–H and O–H groups in total. The minimum absolute atomic E-state index is 0.138. The summed E-state index contributed by atoms with van der Waals surface area (Å²) in [5.74, 6) is -0.138. The molecule has 1 aliphatic carbocycles. The van der Waals surface area contributed by atoms with Gasteiger partial charge in [0.15, 0.2) is 0 Å². The predicted octanol–water partition coefficient (Wildman–Crippen LogP) is 1.12. The van der Waals surface area contributed by atoms with E-state index in [-0.39, 0.29) is 5.91 Å². The molecule has 0 aromatic carbocycles. The van der Waals surface area contributed by atoms with Crippen molar-refractivity contribution >= 4 is 5.91 Å². The Labute approximate surface area is 100 Å². The summed E-state index contributed by atoms with van der Waals surface area (Å²) < 4.78 is 1.69. The van der Waals surface area contributed by atoms with Gasteiger partial charge in [-0.15, -0.1) is 0 Å². The van der Waals surface area contributed by atoms with Gasteiger partial charge in [0, 0.05) is 25.4 Å². The van der Waals surface area contributed by atoms with Crippen molar-refractivity contribution < 1.29 is 4.79 Å². The molecular weight excluding hydrogens is 216 g/mol. The van der Waals surface area contributed by atoms with Crippen molar-refractivity contribution in [2.45, 2.75) is 32.2 Å². The van der Waals surface area contributed by atoms with Crippen molar-refractivity contribution in [3.63, 3.8) is 0 Å². The van der Waals surface area contributed by atoms with Crippen molar-refractivity contribution in [2.75, 3.05) is 0 Å². The fraction of sp³-hybridized carbons (Fsp3) is 0.583. The third-order valence-corrected chi connectivity index (χ3v) is 3.32. The standard InChI is InChI=1S/C12H16N4O/c1-16-8-10(7-15-16)6-14-11(17)12(9-13)4-2-3-5-12/h7-8H,2-6H2,1H3,(H,14,17). The lowest BCUT2D eigenvalue weighted by atomic mass is 9.87. The summed E-state index contributed by atoms with van der Waals surface area (Å²) >= 11 is 0. The molecule has 0 spiro atoms. The first-order valence-electron chi connectivity index (χ1n) is 5.83. The van der Waals surface area contributed by atoms with Gasteiger partial charge >= 0.3 is 0 Å². The van der Waals surface area contributed by atoms with Gasteiger partial charge in [-0.2, -0.15) is 10.4 Å². The van der Waals surface area contributed by atoms with Crippen LogP contribution in [0.15, 0.2) is 12.4 Å². The van der Waals surface area contributed by atoms with Gasteiger partial charge in [-0.25, -0.2) is 0 Å². The van der Waals surface area contributed by atoms with Crippen molar-refractivity contribution in [3.05, 3.63) is 18.0 Å². The Bertz CT molecular complexity index is 451. The third-order valence-electron chi connectivity index (χ3n) is 3.32. The van der Waals surface area contributed by atoms with Crippen LogP contribution in [0.3, 0.4) is 0 Å². The van der Waals surface area contributed by atoms with E-state index in [2.05, 4.69) is 16.5 Å². The monoisotopic (exact) mass is 232 g/mol. The van der Waals surface area contributed by atoms with Crippen LogP contribution in [0.25, 0.3) is 0 Å². The van der Waals surface area contributed by atoms with Crippen LogP contribution in [0.1, 0.15) is 31.2 Å². The van der Waals surface area contributed by atoms with Crippen molar-refractivity contribution in [1.82, 2.24) is 15.1 Å². The number of nitrogens with zero attached hydrogens (tertiary/aromatic N) is 3. The topological polar surface area (TPSA) is 70.7 Å². The summed E-state index contributed by atoms with van der Waals surface area (Å²) in [5.41, 5.74) is 0.161. The van der Waals surface area contributed by atoms with Gasteiger partial charge in [0.05, 0.1) is 12.3 Å². The van der Waals surface area contributed by atoms with Gasteiger partial charge in [-0.05, 0) is 12.8 Å². The quantitative estimate of drug-likeness (QED) is 0.849. The first-order valence-corrected chi connectivity index (χ1v) is 5.83. The van der Waals surface area contributed by atoms with E-state index >= 15 is 0 Å². The molecule has 17 heavy (non-hydrogen) atoms. The number of aromatic nitrogens is 2. The van der Waals surface area contributed by atoms with Gasteiger partial charge in [0.2, 0.25) is 5.91 Å². The highest BCUT2D eigenvalue weighted by molar-refractivity contribution is 5.85. The predicted molar refractivity (Wildman–Crippen MR) is 61.6 cm³/mol. The van der Waals surface area contributed by atoms with E-state index < -0.39 is 5.41 Å². The molecule has 90 valence electrons. The molecule has 2 rings (SSSR count). The van der Waals surface area contributed by atoms with Gasteiger partial charge in [-0.3, -0.25) is 9.48 Å². The highest BCUT2D eigenvalue weighted by atomic mass is 16.2. The number of nitriles is 1. The van der Waals surface area contributed by atoms with E-state index in [1.165, 1.54) is 0 Å². The summed E-state index contributed by atoms with van der Waals surface area (Å²) in [6.45, 7) is 0.441. The molecule has 0 saturated heterocycles. The van der Waals surface area contributed by atoms with Gasteiger partial charge in [0.1, 0.15) is 5.41 Å². The lowest BCUT2D eigenvalue weighted by molar-refractivity contribution is -0.128. The Hall–Kier alpha value is -1.83. The van der Waals surface area contributed by atoms with E-state index in [4.69, 9.17) is 5.26 Å². The lowest BCUT2D eigenvalue weighted by Gasteiger charge is -2.18. The molecule has 1 aliphatic rings. The van der Waals surface area contributed by atoms with Crippen molar-refractivity contribution in [3.8, 4) is 6.07 Å². The molecule has 1 aromatic rings. The molecule has 0 radical (unpaired) electrons. The number of hydrogen-bond acceptors (Lipinski definition) is 3. The normalized spacial score (nSPS) is 17.6. The van der Waals surface area contributed by atoms with Crippen LogP contribution in [-0.4, -0.2) is 15.7 Å². The average Bonchev–Trinajstić information content (AvgIpc) is 2.95. The first kappa shape index (κ1) is 11.6. The molecule has 1 fully saturated rings. The molecule has 1 saturated carbocycles. The lowest BCUT2D eigenvalue weighted by Crippen LogP contribution is -2.37. The summed E-state index contributed by atoms with van der Waals surface area (Å²) in [6.07, 6.45) is 6.87. The fourth-order valence-electron chi connectivity index (χ4n) is 2.28. The van der Waals surface area contributed by atoms with Crippen molar-refractivity contribution in [1.29, 1.82) is 5.26 Å². The van der Waals surface area contributed by atoms with Crippen LogP contribution < -0.4 is 5.32 Å². The molecule has 5 heteroatoms. The second kappa shape index (κ2) is 4.58. The van der Waals surface area contributed by atoms with E-state index in [1.54, 1.807) is 10.9 Å². The molecule has 0 atom stereocenters. The van der Waals surface area contributed by atoms with Gasteiger partial charge in [-0.1, -0.05) is 12.8 Å². The van der Waals surface area contributed by atoms with Crippen LogP contribution in [0.5, 0.6) is 0 Å². The number of aryl methyl sites for hydroxylation is 1. The zero-order chi connectivity index (χ0) is 12.3. The molecule has 1 amide bonds. The van der Waals surface area contributed by atoms with Crippen molar-refractivity contribution in [2.24, 2.45) is 12.5 Å². The zero-order valence-electron chi connectivity index (χ0n) is 9.94. The van der Waals surface area contributed by atoms with Crippen LogP contribution in [0.2, 0.25) is 0 Å².